The third-order valence-electron chi connectivity index (χ3n) is 2.96. The van der Waals surface area contributed by atoms with Crippen LogP contribution in [-0.2, 0) is 9.59 Å². The number of carbonyl (C=O) groups excluding carboxylic acids is 2. The predicted molar refractivity (Wildman–Crippen MR) is 80.5 cm³/mol. The van der Waals surface area contributed by atoms with Crippen LogP contribution in [0.5, 0.6) is 5.75 Å². The number of carbonyl (C=O) groups is 2. The number of nitrogens with one attached hydrogen (secondary N) is 1. The lowest BCUT2D eigenvalue weighted by Gasteiger charge is -2.25. The van der Waals surface area contributed by atoms with Crippen molar-refractivity contribution >= 4 is 28.8 Å². The second kappa shape index (κ2) is 5.62. The van der Waals surface area contributed by atoms with Crippen molar-refractivity contribution in [2.45, 2.75) is 6.92 Å². The fraction of sp³-hybridized carbons (Fsp3) is 0.133. The summed E-state index contributed by atoms with van der Waals surface area (Å²) in [5.41, 5.74) is 6.84. The lowest BCUT2D eigenvalue weighted by molar-refractivity contribution is -0.118. The Morgan fingerprint density at radius 3 is 2.67 bits per heavy atom. The number of anilines is 2. The first-order valence-corrected chi connectivity index (χ1v) is 6.21. The molecule has 0 radical (unpaired) electrons. The molecule has 1 aliphatic rings. The molecule has 1 aromatic rings. The monoisotopic (exact) mass is 285 g/mol. The fourth-order valence-corrected chi connectivity index (χ4v) is 2.04. The standard InChI is InChI=1S/C15H15N3O3/c1-9(19)18(13-7-10(16)4-6-14(13)20)12-5-3-11(17)8-15(12)21-2/h3-8,16H,17H2,1-2H3. The van der Waals surface area contributed by atoms with Crippen LogP contribution < -0.4 is 15.4 Å². The van der Waals surface area contributed by atoms with Crippen LogP contribution in [0.4, 0.5) is 11.4 Å². The molecule has 0 unspecified atom stereocenters. The van der Waals surface area contributed by atoms with Crippen LogP contribution in [0.2, 0.25) is 0 Å². The van der Waals surface area contributed by atoms with Crippen molar-refractivity contribution < 1.29 is 14.3 Å². The molecule has 0 bridgehead atoms. The van der Waals surface area contributed by atoms with Crippen molar-refractivity contribution in [1.29, 1.82) is 5.41 Å². The Morgan fingerprint density at radius 1 is 1.33 bits per heavy atom. The first kappa shape index (κ1) is 14.5. The Hall–Kier alpha value is -2.89. The molecule has 0 aliphatic heterocycles. The maximum atomic E-state index is 12.0. The summed E-state index contributed by atoms with van der Waals surface area (Å²) >= 11 is 0. The molecule has 0 fully saturated rings. The lowest BCUT2D eigenvalue weighted by Crippen LogP contribution is -2.33. The van der Waals surface area contributed by atoms with E-state index in [2.05, 4.69) is 0 Å². The summed E-state index contributed by atoms with van der Waals surface area (Å²) in [6.45, 7) is 1.34. The summed E-state index contributed by atoms with van der Waals surface area (Å²) < 4.78 is 5.23. The van der Waals surface area contributed by atoms with Crippen molar-refractivity contribution in [3.8, 4) is 5.75 Å². The van der Waals surface area contributed by atoms with Crippen LogP contribution >= 0.6 is 0 Å². The zero-order chi connectivity index (χ0) is 15.6. The van der Waals surface area contributed by atoms with Gasteiger partial charge in [-0.15, -0.1) is 0 Å². The zero-order valence-corrected chi connectivity index (χ0v) is 11.7. The van der Waals surface area contributed by atoms with Gasteiger partial charge in [-0.3, -0.25) is 14.5 Å². The van der Waals surface area contributed by atoms with Crippen LogP contribution in [-0.4, -0.2) is 24.5 Å². The van der Waals surface area contributed by atoms with E-state index >= 15 is 0 Å². The summed E-state index contributed by atoms with van der Waals surface area (Å²) in [6, 6.07) is 4.79. The van der Waals surface area contributed by atoms with Crippen LogP contribution in [0.15, 0.2) is 42.1 Å². The third kappa shape index (κ3) is 2.84. The number of nitrogens with two attached hydrogens (primary N) is 1. The topological polar surface area (TPSA) is 96.5 Å². The molecular formula is C15H15N3O3. The Balaban J connectivity index is 2.58. The maximum Gasteiger partial charge on any atom is 0.228 e. The van der Waals surface area contributed by atoms with Crippen LogP contribution in [0, 0.1) is 5.41 Å². The smallest absolute Gasteiger partial charge is 0.228 e. The second-order valence-corrected chi connectivity index (χ2v) is 4.47. The molecular weight excluding hydrogens is 270 g/mol. The molecule has 3 N–H and O–H groups in total. The number of nitrogen functional groups attached to an aromatic ring is 1. The summed E-state index contributed by atoms with van der Waals surface area (Å²) in [4.78, 5) is 25.2. The highest BCUT2D eigenvalue weighted by Crippen LogP contribution is 2.33. The SMILES string of the molecule is COc1cc(N)ccc1N(C(C)=O)C1=CC(=N)C=CC1=O. The first-order valence-electron chi connectivity index (χ1n) is 6.21. The van der Waals surface area contributed by atoms with Gasteiger partial charge >= 0.3 is 0 Å². The van der Waals surface area contributed by atoms with Gasteiger partial charge in [0.25, 0.3) is 0 Å². The Labute approximate surface area is 122 Å². The van der Waals surface area contributed by atoms with Gasteiger partial charge in [0.2, 0.25) is 11.7 Å². The molecule has 1 amide bonds. The average molecular weight is 285 g/mol. The predicted octanol–water partition coefficient (Wildman–Crippen LogP) is 1.67. The normalized spacial score (nSPS) is 13.9. The molecule has 0 saturated heterocycles. The van der Waals surface area contributed by atoms with E-state index in [1.807, 2.05) is 0 Å². The summed E-state index contributed by atoms with van der Waals surface area (Å²) in [7, 11) is 1.45. The molecule has 1 aliphatic carbocycles. The highest BCUT2D eigenvalue weighted by Gasteiger charge is 2.26. The number of hydrogen-bond donors (Lipinski definition) is 2. The molecule has 21 heavy (non-hydrogen) atoms. The van der Waals surface area contributed by atoms with Gasteiger partial charge in [0, 0.05) is 18.7 Å². The fourth-order valence-electron chi connectivity index (χ4n) is 2.04. The van der Waals surface area contributed by atoms with Crippen molar-refractivity contribution in [3.63, 3.8) is 0 Å². The number of ketones is 1. The second-order valence-electron chi connectivity index (χ2n) is 4.47. The molecule has 0 spiro atoms. The number of amides is 1. The summed E-state index contributed by atoms with van der Waals surface area (Å²) in [5, 5.41) is 7.63. The number of methoxy groups -OCH3 is 1. The van der Waals surface area contributed by atoms with Gasteiger partial charge < -0.3 is 15.9 Å². The molecule has 0 atom stereocenters. The molecule has 6 nitrogen and oxygen atoms in total. The quantitative estimate of drug-likeness (QED) is 0.652. The number of rotatable bonds is 3. The van der Waals surface area contributed by atoms with E-state index in [1.165, 1.54) is 37.2 Å². The van der Waals surface area contributed by atoms with Crippen LogP contribution in [0.1, 0.15) is 6.92 Å². The molecule has 1 aromatic carbocycles. The minimum Gasteiger partial charge on any atom is -0.494 e. The van der Waals surface area contributed by atoms with Gasteiger partial charge in [-0.25, -0.2) is 0 Å². The first-order chi connectivity index (χ1) is 9.93. The Morgan fingerprint density at radius 2 is 2.05 bits per heavy atom. The number of ether oxygens (including phenoxy) is 1. The van der Waals surface area contributed by atoms with Gasteiger partial charge in [-0.1, -0.05) is 0 Å². The van der Waals surface area contributed by atoms with E-state index in [-0.39, 0.29) is 23.1 Å². The highest BCUT2D eigenvalue weighted by atomic mass is 16.5. The van der Waals surface area contributed by atoms with E-state index in [4.69, 9.17) is 15.9 Å². The Kier molecular flexibility index (Phi) is 3.89. The third-order valence-corrected chi connectivity index (χ3v) is 2.96. The minimum atomic E-state index is -0.360. The van der Waals surface area contributed by atoms with E-state index in [0.29, 0.717) is 17.1 Å². The Bertz CT molecular complexity index is 689. The lowest BCUT2D eigenvalue weighted by atomic mass is 10.1. The molecule has 0 heterocycles. The van der Waals surface area contributed by atoms with E-state index in [0.717, 1.165) is 0 Å². The van der Waals surface area contributed by atoms with Crippen LogP contribution in [0.25, 0.3) is 0 Å². The number of allylic oxidation sites excluding steroid dienone is 3. The van der Waals surface area contributed by atoms with Gasteiger partial charge in [0.15, 0.2) is 0 Å². The maximum absolute atomic E-state index is 12.0. The zero-order valence-electron chi connectivity index (χ0n) is 11.7. The molecule has 0 aromatic heterocycles. The van der Waals surface area contributed by atoms with Crippen molar-refractivity contribution in [1.82, 2.24) is 0 Å². The van der Waals surface area contributed by atoms with Crippen LogP contribution in [0.3, 0.4) is 0 Å². The number of hydrogen-bond acceptors (Lipinski definition) is 5. The van der Waals surface area contributed by atoms with Crippen molar-refractivity contribution in [3.05, 3.63) is 42.1 Å². The van der Waals surface area contributed by atoms with E-state index in [1.54, 1.807) is 18.2 Å². The molecule has 2 rings (SSSR count). The molecule has 108 valence electrons. The van der Waals surface area contributed by atoms with E-state index < -0.39 is 0 Å². The van der Waals surface area contributed by atoms with Gasteiger partial charge in [-0.05, 0) is 30.4 Å². The molecule has 6 heteroatoms. The van der Waals surface area contributed by atoms with Crippen molar-refractivity contribution in [2.75, 3.05) is 17.7 Å². The number of benzene rings is 1. The summed E-state index contributed by atoms with van der Waals surface area (Å²) in [6.07, 6.45) is 3.99. The van der Waals surface area contributed by atoms with Gasteiger partial charge in [0.1, 0.15) is 5.75 Å². The van der Waals surface area contributed by atoms with Gasteiger partial charge in [0.05, 0.1) is 24.2 Å². The number of nitrogens with zero attached hydrogens (tertiary/aromatic N) is 1. The summed E-state index contributed by atoms with van der Waals surface area (Å²) in [5.74, 6) is -0.333. The van der Waals surface area contributed by atoms with E-state index in [9.17, 15) is 9.59 Å². The highest BCUT2D eigenvalue weighted by molar-refractivity contribution is 6.22. The molecule has 0 saturated carbocycles. The minimum absolute atomic E-state index is 0.109. The van der Waals surface area contributed by atoms with Crippen molar-refractivity contribution in [2.24, 2.45) is 0 Å². The average Bonchev–Trinajstić information content (AvgIpc) is 2.44. The van der Waals surface area contributed by atoms with Gasteiger partial charge in [-0.2, -0.15) is 0 Å². The largest absolute Gasteiger partial charge is 0.494 e.